The molecule has 0 radical (unpaired) electrons. The van der Waals surface area contributed by atoms with E-state index >= 15 is 0 Å². The molecule has 2 heteroatoms. The fourth-order valence-corrected chi connectivity index (χ4v) is 1.51. The van der Waals surface area contributed by atoms with Gasteiger partial charge >= 0.3 is 0 Å². The van der Waals surface area contributed by atoms with Crippen molar-refractivity contribution < 1.29 is 4.39 Å². The second-order valence-electron chi connectivity index (χ2n) is 3.46. The lowest BCUT2D eigenvalue weighted by molar-refractivity contribution is 0.619. The normalized spacial score (nSPS) is 15.1. The third-order valence-corrected chi connectivity index (χ3v) is 2.48. The second-order valence-corrected chi connectivity index (χ2v) is 3.46. The lowest BCUT2D eigenvalue weighted by Gasteiger charge is -2.17. The maximum atomic E-state index is 13.0. The molecule has 1 aromatic rings. The van der Waals surface area contributed by atoms with E-state index in [1.54, 1.807) is 6.92 Å². The van der Waals surface area contributed by atoms with Crippen molar-refractivity contribution in [3.8, 4) is 0 Å². The van der Waals surface area contributed by atoms with Crippen molar-refractivity contribution in [2.75, 3.05) is 5.73 Å². The standard InChI is InChI=1S/C11H12FN/c1-7-5-9(8-3-2-4-8)11(13)6-10(7)12/h3,5-6H,2,4,13H2,1H3. The van der Waals surface area contributed by atoms with Crippen LogP contribution in [0.3, 0.4) is 0 Å². The van der Waals surface area contributed by atoms with Gasteiger partial charge in [-0.15, -0.1) is 0 Å². The summed E-state index contributed by atoms with van der Waals surface area (Å²) in [5.74, 6) is -0.221. The lowest BCUT2D eigenvalue weighted by Crippen LogP contribution is -2.00. The van der Waals surface area contributed by atoms with E-state index in [-0.39, 0.29) is 5.82 Å². The highest BCUT2D eigenvalue weighted by Gasteiger charge is 2.12. The van der Waals surface area contributed by atoms with Gasteiger partial charge in [0.25, 0.3) is 0 Å². The third-order valence-electron chi connectivity index (χ3n) is 2.48. The first-order chi connectivity index (χ1) is 6.18. The number of benzene rings is 1. The highest BCUT2D eigenvalue weighted by atomic mass is 19.1. The summed E-state index contributed by atoms with van der Waals surface area (Å²) in [6.45, 7) is 1.76. The average molecular weight is 177 g/mol. The summed E-state index contributed by atoms with van der Waals surface area (Å²) in [6.07, 6.45) is 4.32. The molecule has 2 rings (SSSR count). The summed E-state index contributed by atoms with van der Waals surface area (Å²) in [4.78, 5) is 0. The summed E-state index contributed by atoms with van der Waals surface area (Å²) in [5, 5.41) is 0. The van der Waals surface area contributed by atoms with Crippen molar-refractivity contribution in [3.63, 3.8) is 0 Å². The number of hydrogen-bond acceptors (Lipinski definition) is 1. The molecule has 0 amide bonds. The Labute approximate surface area is 77.1 Å². The number of allylic oxidation sites excluding steroid dienone is 2. The molecular weight excluding hydrogens is 165 g/mol. The smallest absolute Gasteiger partial charge is 0.128 e. The summed E-state index contributed by atoms with van der Waals surface area (Å²) < 4.78 is 13.0. The van der Waals surface area contributed by atoms with E-state index in [0.29, 0.717) is 11.3 Å². The topological polar surface area (TPSA) is 26.0 Å². The van der Waals surface area contributed by atoms with Crippen LogP contribution >= 0.6 is 0 Å². The lowest BCUT2D eigenvalue weighted by atomic mass is 9.90. The van der Waals surface area contributed by atoms with Gasteiger partial charge in [0.1, 0.15) is 5.82 Å². The Morgan fingerprint density at radius 1 is 1.38 bits per heavy atom. The molecule has 0 bridgehead atoms. The summed E-state index contributed by atoms with van der Waals surface area (Å²) >= 11 is 0. The number of anilines is 1. The molecule has 0 atom stereocenters. The molecule has 0 heterocycles. The van der Waals surface area contributed by atoms with Crippen LogP contribution in [0.1, 0.15) is 24.0 Å². The van der Waals surface area contributed by atoms with Gasteiger partial charge in [0.05, 0.1) is 0 Å². The molecule has 0 saturated heterocycles. The Hall–Kier alpha value is -1.31. The van der Waals surface area contributed by atoms with Crippen LogP contribution in [0.4, 0.5) is 10.1 Å². The van der Waals surface area contributed by atoms with E-state index in [1.807, 2.05) is 6.07 Å². The van der Waals surface area contributed by atoms with E-state index in [9.17, 15) is 4.39 Å². The molecule has 2 N–H and O–H groups in total. The molecule has 0 spiro atoms. The zero-order chi connectivity index (χ0) is 9.42. The van der Waals surface area contributed by atoms with Gasteiger partial charge in [-0.25, -0.2) is 4.39 Å². The third kappa shape index (κ3) is 1.32. The summed E-state index contributed by atoms with van der Waals surface area (Å²) in [7, 11) is 0. The van der Waals surface area contributed by atoms with E-state index in [0.717, 1.165) is 18.4 Å². The van der Waals surface area contributed by atoms with Gasteiger partial charge in [0, 0.05) is 11.3 Å². The van der Waals surface area contributed by atoms with Gasteiger partial charge in [-0.3, -0.25) is 0 Å². The summed E-state index contributed by atoms with van der Waals surface area (Å²) in [5.41, 5.74) is 9.19. The molecule has 0 aromatic heterocycles. The minimum Gasteiger partial charge on any atom is -0.398 e. The minimum atomic E-state index is -0.221. The van der Waals surface area contributed by atoms with Crippen molar-refractivity contribution in [1.82, 2.24) is 0 Å². The fourth-order valence-electron chi connectivity index (χ4n) is 1.51. The van der Waals surface area contributed by atoms with Crippen LogP contribution in [-0.4, -0.2) is 0 Å². The molecule has 1 aliphatic rings. The largest absolute Gasteiger partial charge is 0.398 e. The molecule has 1 nitrogen and oxygen atoms in total. The van der Waals surface area contributed by atoms with Crippen molar-refractivity contribution in [2.45, 2.75) is 19.8 Å². The van der Waals surface area contributed by atoms with Gasteiger partial charge < -0.3 is 5.73 Å². The molecule has 68 valence electrons. The molecular formula is C11H12FN. The number of hydrogen-bond donors (Lipinski definition) is 1. The van der Waals surface area contributed by atoms with Crippen LogP contribution in [0, 0.1) is 12.7 Å². The predicted octanol–water partition coefficient (Wildman–Crippen LogP) is 2.89. The van der Waals surface area contributed by atoms with Crippen molar-refractivity contribution in [3.05, 3.63) is 35.2 Å². The Bertz CT molecular complexity index is 380. The molecule has 0 aliphatic heterocycles. The molecule has 1 aliphatic carbocycles. The van der Waals surface area contributed by atoms with Crippen molar-refractivity contribution >= 4 is 11.3 Å². The van der Waals surface area contributed by atoms with Crippen LogP contribution in [0.2, 0.25) is 0 Å². The first kappa shape index (κ1) is 8.30. The summed E-state index contributed by atoms with van der Waals surface area (Å²) in [6, 6.07) is 3.24. The number of nitrogens with two attached hydrogens (primary N) is 1. The molecule has 0 unspecified atom stereocenters. The van der Waals surface area contributed by atoms with Gasteiger partial charge in [-0.2, -0.15) is 0 Å². The van der Waals surface area contributed by atoms with Crippen LogP contribution in [0.5, 0.6) is 0 Å². The first-order valence-electron chi connectivity index (χ1n) is 4.43. The van der Waals surface area contributed by atoms with Crippen LogP contribution in [0.15, 0.2) is 18.2 Å². The SMILES string of the molecule is Cc1cc(C2=CCC2)c(N)cc1F. The maximum Gasteiger partial charge on any atom is 0.128 e. The zero-order valence-corrected chi connectivity index (χ0v) is 7.60. The Morgan fingerprint density at radius 2 is 2.08 bits per heavy atom. The highest BCUT2D eigenvalue weighted by molar-refractivity contribution is 5.78. The number of rotatable bonds is 1. The van der Waals surface area contributed by atoms with Crippen LogP contribution in [-0.2, 0) is 0 Å². The highest BCUT2D eigenvalue weighted by Crippen LogP contribution is 2.33. The van der Waals surface area contributed by atoms with Gasteiger partial charge in [0.2, 0.25) is 0 Å². The molecule has 0 saturated carbocycles. The minimum absolute atomic E-state index is 0.221. The number of aryl methyl sites for hydroxylation is 1. The molecule has 13 heavy (non-hydrogen) atoms. The molecule has 0 fully saturated rings. The van der Waals surface area contributed by atoms with Gasteiger partial charge in [-0.05, 0) is 43.0 Å². The Balaban J connectivity index is 2.51. The monoisotopic (exact) mass is 177 g/mol. The van der Waals surface area contributed by atoms with Crippen LogP contribution < -0.4 is 5.73 Å². The van der Waals surface area contributed by atoms with E-state index in [1.165, 1.54) is 11.6 Å². The fraction of sp³-hybridized carbons (Fsp3) is 0.273. The average Bonchev–Trinajstić information content (AvgIpc) is 1.96. The zero-order valence-electron chi connectivity index (χ0n) is 7.60. The van der Waals surface area contributed by atoms with Gasteiger partial charge in [-0.1, -0.05) is 6.08 Å². The Kier molecular flexibility index (Phi) is 1.83. The van der Waals surface area contributed by atoms with Crippen molar-refractivity contribution in [2.24, 2.45) is 0 Å². The first-order valence-corrected chi connectivity index (χ1v) is 4.43. The number of halogens is 1. The Morgan fingerprint density at radius 3 is 2.62 bits per heavy atom. The number of nitrogen functional groups attached to an aromatic ring is 1. The van der Waals surface area contributed by atoms with Gasteiger partial charge in [0.15, 0.2) is 0 Å². The van der Waals surface area contributed by atoms with E-state index in [2.05, 4.69) is 6.08 Å². The molecule has 1 aromatic carbocycles. The van der Waals surface area contributed by atoms with E-state index < -0.39 is 0 Å². The quantitative estimate of drug-likeness (QED) is 0.656. The maximum absolute atomic E-state index is 13.0. The second kappa shape index (κ2) is 2.87. The van der Waals surface area contributed by atoms with Crippen LogP contribution in [0.25, 0.3) is 5.57 Å². The van der Waals surface area contributed by atoms with Crippen molar-refractivity contribution in [1.29, 1.82) is 0 Å². The predicted molar refractivity (Wildman–Crippen MR) is 52.8 cm³/mol. The van der Waals surface area contributed by atoms with E-state index in [4.69, 9.17) is 5.73 Å².